The largest absolute Gasteiger partial charge is 0.480 e. The third kappa shape index (κ3) is 3.75. The predicted octanol–water partition coefficient (Wildman–Crippen LogP) is 2.68. The molecule has 26 heavy (non-hydrogen) atoms. The van der Waals surface area contributed by atoms with Crippen LogP contribution in [-0.2, 0) is 11.3 Å². The van der Waals surface area contributed by atoms with Crippen LogP contribution in [0.2, 0.25) is 5.02 Å². The number of carboxylic acids is 1. The molecule has 1 unspecified atom stereocenters. The number of nitrogens with zero attached hydrogens (tertiary/aromatic N) is 4. The Morgan fingerprint density at radius 2 is 2.04 bits per heavy atom. The fraction of sp³-hybridized carbons (Fsp3) is 0.176. The lowest BCUT2D eigenvalue weighted by atomic mass is 10.2. The molecular formula is C17H16ClN5O3. The zero-order valence-electron chi connectivity index (χ0n) is 13.8. The highest BCUT2D eigenvalue weighted by Gasteiger charge is 2.21. The highest BCUT2D eigenvalue weighted by Crippen LogP contribution is 2.17. The number of carbonyl (C=O) groups excluding carboxylic acids is 1. The predicted molar refractivity (Wildman–Crippen MR) is 95.3 cm³/mol. The van der Waals surface area contributed by atoms with Crippen LogP contribution in [0.1, 0.15) is 29.0 Å². The Kier molecular flexibility index (Phi) is 5.04. The zero-order chi connectivity index (χ0) is 18.7. The molecule has 0 radical (unpaired) electrons. The number of aromatic nitrogens is 4. The van der Waals surface area contributed by atoms with Crippen molar-refractivity contribution in [3.63, 3.8) is 0 Å². The maximum atomic E-state index is 12.4. The minimum atomic E-state index is -1.07. The number of halogens is 1. The van der Waals surface area contributed by atoms with Gasteiger partial charge in [0.05, 0.1) is 18.4 Å². The molecule has 0 saturated carbocycles. The number of hydrogen-bond donors (Lipinski definition) is 2. The van der Waals surface area contributed by atoms with Gasteiger partial charge in [0, 0.05) is 17.4 Å². The SMILES string of the molecule is CC(C(=O)O)n1nccc1C(=O)Nc1cnn(Cc2ccccc2Cl)c1. The molecule has 134 valence electrons. The summed E-state index contributed by atoms with van der Waals surface area (Å²) in [6, 6.07) is 7.94. The van der Waals surface area contributed by atoms with E-state index in [1.807, 2.05) is 18.2 Å². The average molecular weight is 374 g/mol. The maximum absolute atomic E-state index is 12.4. The molecule has 0 aliphatic rings. The smallest absolute Gasteiger partial charge is 0.328 e. The first-order chi connectivity index (χ1) is 12.5. The minimum absolute atomic E-state index is 0.152. The summed E-state index contributed by atoms with van der Waals surface area (Å²) < 4.78 is 2.81. The Labute approximate surface area is 154 Å². The first-order valence-electron chi connectivity index (χ1n) is 7.79. The van der Waals surface area contributed by atoms with Gasteiger partial charge < -0.3 is 10.4 Å². The van der Waals surface area contributed by atoms with Crippen molar-refractivity contribution in [2.24, 2.45) is 0 Å². The molecule has 1 atom stereocenters. The Morgan fingerprint density at radius 3 is 2.77 bits per heavy atom. The van der Waals surface area contributed by atoms with Crippen LogP contribution in [0.3, 0.4) is 0 Å². The topological polar surface area (TPSA) is 102 Å². The van der Waals surface area contributed by atoms with Crippen LogP contribution in [0.25, 0.3) is 0 Å². The molecule has 2 N–H and O–H groups in total. The van der Waals surface area contributed by atoms with Gasteiger partial charge in [-0.1, -0.05) is 29.8 Å². The number of nitrogens with one attached hydrogen (secondary N) is 1. The first-order valence-corrected chi connectivity index (χ1v) is 8.17. The van der Waals surface area contributed by atoms with Crippen LogP contribution in [-0.4, -0.2) is 36.5 Å². The molecule has 1 amide bonds. The van der Waals surface area contributed by atoms with Crippen molar-refractivity contribution in [1.82, 2.24) is 19.6 Å². The monoisotopic (exact) mass is 373 g/mol. The molecule has 3 rings (SSSR count). The quantitative estimate of drug-likeness (QED) is 0.691. The highest BCUT2D eigenvalue weighted by atomic mass is 35.5. The summed E-state index contributed by atoms with van der Waals surface area (Å²) >= 11 is 6.14. The van der Waals surface area contributed by atoms with Crippen LogP contribution < -0.4 is 5.32 Å². The number of amides is 1. The number of rotatable bonds is 6. The average Bonchev–Trinajstić information content (AvgIpc) is 3.25. The Hall–Kier alpha value is -3.13. The van der Waals surface area contributed by atoms with Gasteiger partial charge in [-0.05, 0) is 24.6 Å². The van der Waals surface area contributed by atoms with Crippen LogP contribution in [0, 0.1) is 0 Å². The maximum Gasteiger partial charge on any atom is 0.328 e. The first kappa shape index (κ1) is 17.7. The van der Waals surface area contributed by atoms with E-state index < -0.39 is 17.9 Å². The standard InChI is InChI=1S/C17H16ClN5O3/c1-11(17(25)26)23-15(6-7-19-23)16(24)21-13-8-20-22(10-13)9-12-4-2-3-5-14(12)18/h2-8,10-11H,9H2,1H3,(H,21,24)(H,25,26). The van der Waals surface area contributed by atoms with Crippen LogP contribution in [0.4, 0.5) is 5.69 Å². The Morgan fingerprint density at radius 1 is 1.27 bits per heavy atom. The fourth-order valence-electron chi connectivity index (χ4n) is 2.42. The highest BCUT2D eigenvalue weighted by molar-refractivity contribution is 6.31. The molecule has 0 spiro atoms. The van der Waals surface area contributed by atoms with Gasteiger partial charge in [0.1, 0.15) is 11.7 Å². The summed E-state index contributed by atoms with van der Waals surface area (Å²) in [5.74, 6) is -1.54. The number of anilines is 1. The van der Waals surface area contributed by atoms with Crippen molar-refractivity contribution >= 4 is 29.2 Å². The van der Waals surface area contributed by atoms with Crippen LogP contribution >= 0.6 is 11.6 Å². The number of carbonyl (C=O) groups is 2. The third-order valence-electron chi connectivity index (χ3n) is 3.81. The van der Waals surface area contributed by atoms with E-state index in [0.29, 0.717) is 17.3 Å². The summed E-state index contributed by atoms with van der Waals surface area (Å²) in [5, 5.41) is 20.5. The van der Waals surface area contributed by atoms with Gasteiger partial charge in [0.2, 0.25) is 0 Å². The van der Waals surface area contributed by atoms with Gasteiger partial charge in [0.25, 0.3) is 5.91 Å². The van der Waals surface area contributed by atoms with Crippen molar-refractivity contribution in [3.05, 3.63) is 65.2 Å². The lowest BCUT2D eigenvalue weighted by Crippen LogP contribution is -2.24. The third-order valence-corrected chi connectivity index (χ3v) is 4.18. The van der Waals surface area contributed by atoms with Gasteiger partial charge in [0.15, 0.2) is 0 Å². The second-order valence-electron chi connectivity index (χ2n) is 5.65. The van der Waals surface area contributed by atoms with Gasteiger partial charge >= 0.3 is 5.97 Å². The lowest BCUT2D eigenvalue weighted by molar-refractivity contribution is -0.140. The van der Waals surface area contributed by atoms with Crippen molar-refractivity contribution < 1.29 is 14.7 Å². The number of carboxylic acid groups (broad SMARTS) is 1. The van der Waals surface area contributed by atoms with Gasteiger partial charge in [-0.2, -0.15) is 10.2 Å². The second kappa shape index (κ2) is 7.40. The van der Waals surface area contributed by atoms with E-state index in [9.17, 15) is 9.59 Å². The van der Waals surface area contributed by atoms with Crippen molar-refractivity contribution in [3.8, 4) is 0 Å². The Bertz CT molecular complexity index is 949. The molecule has 0 aliphatic heterocycles. The molecule has 0 saturated heterocycles. The zero-order valence-corrected chi connectivity index (χ0v) is 14.6. The number of benzene rings is 1. The van der Waals surface area contributed by atoms with Gasteiger partial charge in [-0.3, -0.25) is 9.48 Å². The molecule has 0 aliphatic carbocycles. The molecule has 1 aromatic carbocycles. The molecule has 9 heteroatoms. The summed E-state index contributed by atoms with van der Waals surface area (Å²) in [5.41, 5.74) is 1.54. The van der Waals surface area contributed by atoms with Crippen LogP contribution in [0.5, 0.6) is 0 Å². The van der Waals surface area contributed by atoms with E-state index in [0.717, 1.165) is 10.2 Å². The van der Waals surface area contributed by atoms with E-state index in [2.05, 4.69) is 15.5 Å². The summed E-state index contributed by atoms with van der Waals surface area (Å²) in [7, 11) is 0. The molecule has 3 aromatic rings. The lowest BCUT2D eigenvalue weighted by Gasteiger charge is -2.11. The molecule has 2 aromatic heterocycles. The van der Waals surface area contributed by atoms with E-state index in [4.69, 9.17) is 16.7 Å². The normalized spacial score (nSPS) is 11.9. The molecule has 0 fully saturated rings. The van der Waals surface area contributed by atoms with E-state index >= 15 is 0 Å². The summed E-state index contributed by atoms with van der Waals surface area (Å²) in [6.45, 7) is 1.91. The molecule has 8 nitrogen and oxygen atoms in total. The molecular weight excluding hydrogens is 358 g/mol. The van der Waals surface area contributed by atoms with E-state index in [-0.39, 0.29) is 5.69 Å². The van der Waals surface area contributed by atoms with Crippen molar-refractivity contribution in [2.75, 3.05) is 5.32 Å². The van der Waals surface area contributed by atoms with Crippen LogP contribution in [0.15, 0.2) is 48.9 Å². The fourth-order valence-corrected chi connectivity index (χ4v) is 2.61. The van der Waals surface area contributed by atoms with E-state index in [1.54, 1.807) is 16.9 Å². The van der Waals surface area contributed by atoms with Gasteiger partial charge in [-0.15, -0.1) is 0 Å². The summed E-state index contributed by atoms with van der Waals surface area (Å²) in [6.07, 6.45) is 4.56. The minimum Gasteiger partial charge on any atom is -0.480 e. The summed E-state index contributed by atoms with van der Waals surface area (Å²) in [4.78, 5) is 23.5. The second-order valence-corrected chi connectivity index (χ2v) is 6.05. The van der Waals surface area contributed by atoms with Crippen molar-refractivity contribution in [2.45, 2.75) is 19.5 Å². The van der Waals surface area contributed by atoms with E-state index in [1.165, 1.54) is 25.4 Å². The van der Waals surface area contributed by atoms with Crippen molar-refractivity contribution in [1.29, 1.82) is 0 Å². The Balaban J connectivity index is 1.72. The number of hydrogen-bond acceptors (Lipinski definition) is 4. The van der Waals surface area contributed by atoms with Gasteiger partial charge in [-0.25, -0.2) is 9.48 Å². The molecule has 0 bridgehead atoms. The number of aliphatic carboxylic acids is 1. The molecule has 2 heterocycles.